The smallest absolute Gasteiger partial charge is 0.340 e. The molecule has 0 fully saturated rings. The van der Waals surface area contributed by atoms with Crippen molar-refractivity contribution < 1.29 is 18.7 Å². The van der Waals surface area contributed by atoms with Crippen LogP contribution in [-0.4, -0.2) is 22.5 Å². The van der Waals surface area contributed by atoms with Gasteiger partial charge < -0.3 is 13.9 Å². The summed E-state index contributed by atoms with van der Waals surface area (Å²) in [7, 11) is 0. The van der Waals surface area contributed by atoms with Gasteiger partial charge in [-0.3, -0.25) is 0 Å². The number of carbonyl (C=O) groups is 1. The van der Waals surface area contributed by atoms with Crippen LogP contribution in [0.3, 0.4) is 0 Å². The summed E-state index contributed by atoms with van der Waals surface area (Å²) >= 11 is 11.0. The number of carbonyl (C=O) groups excluding carboxylic acids is 1. The van der Waals surface area contributed by atoms with Crippen LogP contribution in [0, 0.1) is 0 Å². The van der Waals surface area contributed by atoms with Crippen molar-refractivity contribution >= 4 is 40.1 Å². The number of ether oxygens (including phenoxy) is 2. The molecule has 0 amide bonds. The van der Waals surface area contributed by atoms with E-state index in [-0.39, 0.29) is 0 Å². The van der Waals surface area contributed by atoms with Gasteiger partial charge in [-0.2, -0.15) is 0 Å². The lowest BCUT2D eigenvalue weighted by Gasteiger charge is -2.30. The Balaban J connectivity index is 1.87. The zero-order valence-electron chi connectivity index (χ0n) is 12.5. The van der Waals surface area contributed by atoms with Gasteiger partial charge in [0.25, 0.3) is 0 Å². The second-order valence-electron chi connectivity index (χ2n) is 5.89. The maximum Gasteiger partial charge on any atom is 0.340 e. The lowest BCUT2D eigenvalue weighted by atomic mass is 9.96. The van der Waals surface area contributed by atoms with Gasteiger partial charge in [0.15, 0.2) is 0 Å². The first-order valence-electron chi connectivity index (χ1n) is 7.01. The summed E-state index contributed by atoms with van der Waals surface area (Å²) < 4.78 is 16.4. The van der Waals surface area contributed by atoms with E-state index in [0.717, 1.165) is 10.9 Å². The molecule has 2 heterocycles. The molecular weight excluding hydrogens is 343 g/mol. The van der Waals surface area contributed by atoms with Gasteiger partial charge in [-0.25, -0.2) is 9.59 Å². The molecule has 1 aliphatic heterocycles. The second-order valence-corrected chi connectivity index (χ2v) is 6.98. The van der Waals surface area contributed by atoms with Crippen molar-refractivity contribution in [3.05, 3.63) is 40.2 Å². The Kier molecular flexibility index (Phi) is 4.02. The third-order valence-electron chi connectivity index (χ3n) is 3.79. The predicted octanol–water partition coefficient (Wildman–Crippen LogP) is 3.22. The molecule has 1 atom stereocenters. The quantitative estimate of drug-likeness (QED) is 0.479. The first-order valence-corrected chi connectivity index (χ1v) is 7.88. The highest BCUT2D eigenvalue weighted by Gasteiger charge is 2.40. The first kappa shape index (κ1) is 16.1. The number of hydrogen-bond acceptors (Lipinski definition) is 5. The van der Waals surface area contributed by atoms with Gasteiger partial charge >= 0.3 is 11.6 Å². The van der Waals surface area contributed by atoms with E-state index in [0.29, 0.717) is 17.8 Å². The minimum absolute atomic E-state index is 0.392. The molecule has 5 nitrogen and oxygen atoms in total. The van der Waals surface area contributed by atoms with Crippen LogP contribution in [0.2, 0.25) is 0 Å². The van der Waals surface area contributed by atoms with Crippen molar-refractivity contribution in [2.45, 2.75) is 36.8 Å². The Bertz CT molecular complexity index is 825. The van der Waals surface area contributed by atoms with Crippen LogP contribution in [-0.2, 0) is 16.0 Å². The molecule has 0 saturated carbocycles. The van der Waals surface area contributed by atoms with Crippen LogP contribution in [0.4, 0.5) is 0 Å². The normalized spacial score (nSPS) is 17.2. The number of fused-ring (bicyclic) bond motifs is 2. The highest BCUT2D eigenvalue weighted by atomic mass is 35.5. The van der Waals surface area contributed by atoms with E-state index < -0.39 is 28.1 Å². The molecule has 0 N–H and O–H groups in total. The molecule has 0 saturated heterocycles. The van der Waals surface area contributed by atoms with Crippen molar-refractivity contribution in [3.8, 4) is 5.75 Å². The lowest BCUT2D eigenvalue weighted by molar-refractivity contribution is -0.162. The fraction of sp³-hybridized carbons (Fsp3) is 0.375. The minimum Gasteiger partial charge on any atom is -0.485 e. The summed E-state index contributed by atoms with van der Waals surface area (Å²) in [6.07, 6.45) is 0.164. The number of hydrogen-bond donors (Lipinski definition) is 0. The summed E-state index contributed by atoms with van der Waals surface area (Å²) in [6.45, 7) is 3.47. The Morgan fingerprint density at radius 2 is 2.09 bits per heavy atom. The van der Waals surface area contributed by atoms with Gasteiger partial charge in [0.2, 0.25) is 4.84 Å². The standard InChI is InChI=1S/C16H14Cl2O5/c1-16(2,23-15(20)14(17)18)12-6-9-5-8-3-4-13(19)22-10(8)7-11(9)21-12/h3-5,7,12,14H,6H2,1-2H3. The predicted molar refractivity (Wildman–Crippen MR) is 86.3 cm³/mol. The molecule has 0 spiro atoms. The zero-order chi connectivity index (χ0) is 16.8. The van der Waals surface area contributed by atoms with Crippen molar-refractivity contribution in [3.63, 3.8) is 0 Å². The topological polar surface area (TPSA) is 65.7 Å². The van der Waals surface area contributed by atoms with Crippen molar-refractivity contribution in [1.29, 1.82) is 0 Å². The summed E-state index contributed by atoms with van der Waals surface area (Å²) in [5, 5.41) is 0.809. The molecule has 7 heteroatoms. The molecule has 1 aliphatic rings. The molecular formula is C16H14Cl2O5. The molecule has 0 bridgehead atoms. The van der Waals surface area contributed by atoms with Crippen molar-refractivity contribution in [1.82, 2.24) is 0 Å². The molecule has 1 unspecified atom stereocenters. The van der Waals surface area contributed by atoms with Gasteiger partial charge in [-0.05, 0) is 31.5 Å². The average molecular weight is 357 g/mol. The van der Waals surface area contributed by atoms with Crippen LogP contribution < -0.4 is 10.4 Å². The Hall–Kier alpha value is -1.72. The Morgan fingerprint density at radius 3 is 2.78 bits per heavy atom. The maximum atomic E-state index is 11.6. The van der Waals surface area contributed by atoms with Gasteiger partial charge in [0, 0.05) is 23.9 Å². The fourth-order valence-electron chi connectivity index (χ4n) is 2.57. The molecule has 3 rings (SSSR count). The van der Waals surface area contributed by atoms with Crippen molar-refractivity contribution in [2.24, 2.45) is 0 Å². The van der Waals surface area contributed by atoms with Crippen LogP contribution in [0.25, 0.3) is 11.0 Å². The highest BCUT2D eigenvalue weighted by Crippen LogP contribution is 2.37. The summed E-state index contributed by atoms with van der Waals surface area (Å²) in [4.78, 5) is 21.7. The number of benzene rings is 1. The van der Waals surface area contributed by atoms with E-state index in [9.17, 15) is 9.59 Å². The molecule has 2 aromatic rings. The Labute approximate surface area is 142 Å². The summed E-state index contributed by atoms with van der Waals surface area (Å²) in [5.41, 5.74) is 0.0732. The van der Waals surface area contributed by atoms with Crippen LogP contribution in [0.1, 0.15) is 19.4 Å². The van der Waals surface area contributed by atoms with E-state index in [1.54, 1.807) is 26.0 Å². The van der Waals surface area contributed by atoms with E-state index in [1.807, 2.05) is 6.07 Å². The van der Waals surface area contributed by atoms with Gasteiger partial charge in [-0.15, -0.1) is 0 Å². The van der Waals surface area contributed by atoms with Crippen molar-refractivity contribution in [2.75, 3.05) is 0 Å². The van der Waals surface area contributed by atoms with E-state index in [1.165, 1.54) is 6.07 Å². The summed E-state index contributed by atoms with van der Waals surface area (Å²) in [6, 6.07) is 6.65. The van der Waals surface area contributed by atoms with E-state index in [4.69, 9.17) is 37.1 Å². The van der Waals surface area contributed by atoms with E-state index in [2.05, 4.69) is 0 Å². The molecule has 1 aromatic heterocycles. The molecule has 122 valence electrons. The molecule has 23 heavy (non-hydrogen) atoms. The van der Waals surface area contributed by atoms with Crippen LogP contribution >= 0.6 is 23.2 Å². The fourth-order valence-corrected chi connectivity index (χ4v) is 2.65. The van der Waals surface area contributed by atoms with Crippen LogP contribution in [0.15, 0.2) is 33.5 Å². The third kappa shape index (κ3) is 3.16. The number of halogens is 2. The van der Waals surface area contributed by atoms with E-state index >= 15 is 0 Å². The maximum absolute atomic E-state index is 11.6. The second kappa shape index (κ2) is 5.73. The average Bonchev–Trinajstić information content (AvgIpc) is 2.87. The zero-order valence-corrected chi connectivity index (χ0v) is 14.0. The SMILES string of the molecule is CC(C)(OC(=O)C(Cl)Cl)C1Cc2cc3ccc(=O)oc3cc2O1. The minimum atomic E-state index is -1.24. The largest absolute Gasteiger partial charge is 0.485 e. The number of esters is 1. The molecule has 0 aliphatic carbocycles. The van der Waals surface area contributed by atoms with Crippen LogP contribution in [0.5, 0.6) is 5.75 Å². The molecule has 0 radical (unpaired) electrons. The van der Waals surface area contributed by atoms with Gasteiger partial charge in [0.1, 0.15) is 23.0 Å². The first-order chi connectivity index (χ1) is 10.8. The van der Waals surface area contributed by atoms with Gasteiger partial charge in [-0.1, -0.05) is 23.2 Å². The highest BCUT2D eigenvalue weighted by molar-refractivity contribution is 6.52. The number of rotatable bonds is 3. The Morgan fingerprint density at radius 1 is 1.35 bits per heavy atom. The lowest BCUT2D eigenvalue weighted by Crippen LogP contribution is -2.44. The summed E-state index contributed by atoms with van der Waals surface area (Å²) in [5.74, 6) is -0.108. The third-order valence-corrected chi connectivity index (χ3v) is 4.15. The molecule has 1 aromatic carbocycles. The monoisotopic (exact) mass is 356 g/mol. The van der Waals surface area contributed by atoms with Gasteiger partial charge in [0.05, 0.1) is 0 Å². The number of alkyl halides is 2.